The first-order valence-electron chi connectivity index (χ1n) is 7.66. The summed E-state index contributed by atoms with van der Waals surface area (Å²) in [6, 6.07) is 13.0. The Hall–Kier alpha value is -2.14. The zero-order valence-electron chi connectivity index (χ0n) is 14.2. The molecular weight excluding hydrogens is 368 g/mol. The Bertz CT molecular complexity index is 767. The third kappa shape index (κ3) is 4.23. The van der Waals surface area contributed by atoms with Gasteiger partial charge >= 0.3 is 0 Å². The van der Waals surface area contributed by atoms with E-state index in [1.807, 2.05) is 56.3 Å². The number of benzene rings is 2. The Kier molecular flexibility index (Phi) is 5.44. The molecule has 0 heterocycles. The molecule has 0 saturated heterocycles. The first kappa shape index (κ1) is 18.2. The van der Waals surface area contributed by atoms with Crippen LogP contribution in [0, 0.1) is 19.3 Å². The van der Waals surface area contributed by atoms with E-state index < -0.39 is 5.41 Å². The van der Waals surface area contributed by atoms with E-state index in [2.05, 4.69) is 26.6 Å². The van der Waals surface area contributed by atoms with Crippen LogP contribution in [0.3, 0.4) is 0 Å². The molecule has 2 amide bonds. The summed E-state index contributed by atoms with van der Waals surface area (Å²) in [7, 11) is 0. The zero-order valence-corrected chi connectivity index (χ0v) is 15.8. The first-order chi connectivity index (χ1) is 11.2. The molecule has 0 aromatic heterocycles. The fourth-order valence-corrected chi connectivity index (χ4v) is 2.55. The van der Waals surface area contributed by atoms with Crippen molar-refractivity contribution >= 4 is 39.1 Å². The van der Waals surface area contributed by atoms with Crippen molar-refractivity contribution in [2.24, 2.45) is 5.41 Å². The lowest BCUT2D eigenvalue weighted by molar-refractivity contribution is -0.135. The summed E-state index contributed by atoms with van der Waals surface area (Å²) < 4.78 is 0.939. The van der Waals surface area contributed by atoms with E-state index in [4.69, 9.17) is 0 Å². The number of hydrogen-bond donors (Lipinski definition) is 2. The van der Waals surface area contributed by atoms with Gasteiger partial charge in [-0.05, 0) is 63.6 Å². The van der Waals surface area contributed by atoms with Gasteiger partial charge in [0.05, 0.1) is 0 Å². The fraction of sp³-hybridized carbons (Fsp3) is 0.263. The normalized spacial score (nSPS) is 11.0. The SMILES string of the molecule is Cc1ccc(NC(=O)C(C)(C)C(=O)Nc2ccc(Br)cc2C)cc1. The van der Waals surface area contributed by atoms with Crippen LogP contribution in [0.15, 0.2) is 46.9 Å². The zero-order chi connectivity index (χ0) is 17.9. The Labute approximate surface area is 150 Å². The van der Waals surface area contributed by atoms with Crippen molar-refractivity contribution in [1.29, 1.82) is 0 Å². The molecule has 4 nitrogen and oxygen atoms in total. The third-order valence-corrected chi connectivity index (χ3v) is 4.37. The van der Waals surface area contributed by atoms with Crippen LogP contribution in [-0.4, -0.2) is 11.8 Å². The number of carbonyl (C=O) groups is 2. The molecule has 2 N–H and O–H groups in total. The van der Waals surface area contributed by atoms with Gasteiger partial charge in [-0.1, -0.05) is 33.6 Å². The molecule has 2 rings (SSSR count). The molecule has 0 aliphatic heterocycles. The summed E-state index contributed by atoms with van der Waals surface area (Å²) >= 11 is 3.39. The molecule has 2 aromatic rings. The lowest BCUT2D eigenvalue weighted by Crippen LogP contribution is -2.41. The minimum atomic E-state index is -1.20. The van der Waals surface area contributed by atoms with Crippen molar-refractivity contribution in [3.05, 3.63) is 58.1 Å². The van der Waals surface area contributed by atoms with Crippen molar-refractivity contribution in [2.45, 2.75) is 27.7 Å². The minimum absolute atomic E-state index is 0.349. The molecule has 5 heteroatoms. The highest BCUT2D eigenvalue weighted by Crippen LogP contribution is 2.25. The molecule has 0 radical (unpaired) electrons. The topological polar surface area (TPSA) is 58.2 Å². The van der Waals surface area contributed by atoms with E-state index in [9.17, 15) is 9.59 Å². The van der Waals surface area contributed by atoms with E-state index >= 15 is 0 Å². The number of aryl methyl sites for hydroxylation is 2. The molecule has 0 aliphatic carbocycles. The van der Waals surface area contributed by atoms with Gasteiger partial charge in [0.25, 0.3) is 0 Å². The molecular formula is C19H21BrN2O2. The predicted molar refractivity (Wildman–Crippen MR) is 101 cm³/mol. The summed E-state index contributed by atoms with van der Waals surface area (Å²) in [6.45, 7) is 7.10. The van der Waals surface area contributed by atoms with Crippen LogP contribution in [0.1, 0.15) is 25.0 Å². The van der Waals surface area contributed by atoms with Gasteiger partial charge in [-0.15, -0.1) is 0 Å². The predicted octanol–water partition coefficient (Wildman–Crippen LogP) is 4.67. The Balaban J connectivity index is 2.11. The van der Waals surface area contributed by atoms with Crippen LogP contribution in [0.25, 0.3) is 0 Å². The summed E-state index contributed by atoms with van der Waals surface area (Å²) in [6.07, 6.45) is 0. The highest BCUT2D eigenvalue weighted by Gasteiger charge is 2.36. The van der Waals surface area contributed by atoms with Crippen molar-refractivity contribution in [2.75, 3.05) is 10.6 Å². The summed E-state index contributed by atoms with van der Waals surface area (Å²) in [5.74, 6) is -0.698. The summed E-state index contributed by atoms with van der Waals surface area (Å²) in [4.78, 5) is 25.1. The van der Waals surface area contributed by atoms with Crippen LogP contribution in [0.2, 0.25) is 0 Å². The summed E-state index contributed by atoms with van der Waals surface area (Å²) in [5.41, 5.74) is 2.19. The molecule has 2 aromatic carbocycles. The molecule has 0 atom stereocenters. The van der Waals surface area contributed by atoms with E-state index in [-0.39, 0.29) is 11.8 Å². The third-order valence-electron chi connectivity index (χ3n) is 3.88. The van der Waals surface area contributed by atoms with Gasteiger partial charge in [0.1, 0.15) is 5.41 Å². The Morgan fingerprint density at radius 2 is 1.50 bits per heavy atom. The quantitative estimate of drug-likeness (QED) is 0.747. The van der Waals surface area contributed by atoms with Crippen molar-refractivity contribution in [3.8, 4) is 0 Å². The second-order valence-corrected chi connectivity index (χ2v) is 7.27. The van der Waals surface area contributed by atoms with Gasteiger partial charge in [0.2, 0.25) is 11.8 Å². The number of carbonyl (C=O) groups excluding carboxylic acids is 2. The standard InChI is InChI=1S/C19H21BrN2O2/c1-12-5-8-15(9-6-12)21-17(23)19(3,4)18(24)22-16-10-7-14(20)11-13(16)2/h5-11H,1-4H3,(H,21,23)(H,22,24). The number of amides is 2. The smallest absolute Gasteiger partial charge is 0.239 e. The molecule has 0 bridgehead atoms. The average Bonchev–Trinajstić information content (AvgIpc) is 2.52. The highest BCUT2D eigenvalue weighted by atomic mass is 79.9. The maximum Gasteiger partial charge on any atom is 0.239 e. The minimum Gasteiger partial charge on any atom is -0.325 e. The van der Waals surface area contributed by atoms with Crippen molar-refractivity contribution < 1.29 is 9.59 Å². The molecule has 126 valence electrons. The van der Waals surface area contributed by atoms with Crippen LogP contribution in [0.5, 0.6) is 0 Å². The molecule has 0 saturated carbocycles. The number of hydrogen-bond acceptors (Lipinski definition) is 2. The Morgan fingerprint density at radius 3 is 2.08 bits per heavy atom. The van der Waals surface area contributed by atoms with Gasteiger partial charge in [-0.25, -0.2) is 0 Å². The van der Waals surface area contributed by atoms with Gasteiger partial charge < -0.3 is 10.6 Å². The molecule has 0 aliphatic rings. The van der Waals surface area contributed by atoms with Crippen LogP contribution < -0.4 is 10.6 Å². The first-order valence-corrected chi connectivity index (χ1v) is 8.45. The maximum atomic E-state index is 12.6. The van der Waals surface area contributed by atoms with Gasteiger partial charge in [0, 0.05) is 15.8 Å². The fourth-order valence-electron chi connectivity index (χ4n) is 2.07. The molecule has 0 fully saturated rings. The van der Waals surface area contributed by atoms with Crippen molar-refractivity contribution in [3.63, 3.8) is 0 Å². The van der Waals surface area contributed by atoms with E-state index in [0.717, 1.165) is 15.6 Å². The number of nitrogens with one attached hydrogen (secondary N) is 2. The Morgan fingerprint density at radius 1 is 0.917 bits per heavy atom. The lowest BCUT2D eigenvalue weighted by Gasteiger charge is -2.23. The number of anilines is 2. The van der Waals surface area contributed by atoms with E-state index in [1.54, 1.807) is 13.8 Å². The second kappa shape index (κ2) is 7.18. The molecule has 24 heavy (non-hydrogen) atoms. The van der Waals surface area contributed by atoms with Crippen LogP contribution in [0.4, 0.5) is 11.4 Å². The monoisotopic (exact) mass is 388 g/mol. The molecule has 0 spiro atoms. The van der Waals surface area contributed by atoms with Gasteiger partial charge in [0.15, 0.2) is 0 Å². The van der Waals surface area contributed by atoms with Gasteiger partial charge in [-0.3, -0.25) is 9.59 Å². The van der Waals surface area contributed by atoms with E-state index in [1.165, 1.54) is 0 Å². The van der Waals surface area contributed by atoms with E-state index in [0.29, 0.717) is 11.4 Å². The lowest BCUT2D eigenvalue weighted by atomic mass is 9.90. The van der Waals surface area contributed by atoms with Gasteiger partial charge in [-0.2, -0.15) is 0 Å². The number of rotatable bonds is 4. The second-order valence-electron chi connectivity index (χ2n) is 6.36. The average molecular weight is 389 g/mol. The maximum absolute atomic E-state index is 12.6. The van der Waals surface area contributed by atoms with Crippen molar-refractivity contribution in [1.82, 2.24) is 0 Å². The largest absolute Gasteiger partial charge is 0.325 e. The van der Waals surface area contributed by atoms with Crippen LogP contribution >= 0.6 is 15.9 Å². The molecule has 0 unspecified atom stereocenters. The summed E-state index contributed by atoms with van der Waals surface area (Å²) in [5, 5.41) is 5.63. The highest BCUT2D eigenvalue weighted by molar-refractivity contribution is 9.10. The number of halogens is 1. The van der Waals surface area contributed by atoms with Crippen LogP contribution in [-0.2, 0) is 9.59 Å².